The molecule has 2 aliphatic rings. The van der Waals surface area contributed by atoms with Crippen LogP contribution < -0.4 is 24.3 Å². The summed E-state index contributed by atoms with van der Waals surface area (Å²) in [5.74, 6) is 5.23. The summed E-state index contributed by atoms with van der Waals surface area (Å²) in [6, 6.07) is 5.35. The first-order valence-corrected chi connectivity index (χ1v) is 11.7. The van der Waals surface area contributed by atoms with Gasteiger partial charge in [-0.1, -0.05) is 17.5 Å². The summed E-state index contributed by atoms with van der Waals surface area (Å²) in [4.78, 5) is 11.2. The number of methoxy groups -OCH3 is 1. The van der Waals surface area contributed by atoms with Crippen molar-refractivity contribution in [3.8, 4) is 35.3 Å². The zero-order chi connectivity index (χ0) is 24.2. The number of anilines is 2. The summed E-state index contributed by atoms with van der Waals surface area (Å²) in [5, 5.41) is 4.38. The van der Waals surface area contributed by atoms with Gasteiger partial charge in [-0.2, -0.15) is 0 Å². The predicted molar refractivity (Wildman–Crippen MR) is 132 cm³/mol. The van der Waals surface area contributed by atoms with Gasteiger partial charge in [-0.05, 0) is 18.6 Å². The minimum atomic E-state index is 0.0591. The number of aromatic nitrogens is 2. The number of ether oxygens (including phenoxy) is 5. The van der Waals surface area contributed by atoms with Crippen LogP contribution in [0.3, 0.4) is 0 Å². The number of benzene rings is 2. The Bertz CT molecular complexity index is 1270. The van der Waals surface area contributed by atoms with Crippen LogP contribution in [0.25, 0.3) is 10.9 Å². The Balaban J connectivity index is 1.37. The smallest absolute Gasteiger partial charge is 0.231 e. The standard InChI is InChI=1S/C25H25ClN4O5/c1-3-16-11-18(26)22(24-23(16)34-15-35-24)29-25-17-12-20(31-2)21(13-19(17)27-14-28-25)33-8-4-5-30-6-9-32-10-7-30/h1,11-14H,4-10,15H2,2H3,(H,27,28,29). The molecular formula is C25H25ClN4O5. The van der Waals surface area contributed by atoms with Crippen LogP contribution in [0.1, 0.15) is 12.0 Å². The molecule has 0 spiro atoms. The van der Waals surface area contributed by atoms with Crippen LogP contribution in [0.5, 0.6) is 23.0 Å². The molecule has 0 radical (unpaired) electrons. The highest BCUT2D eigenvalue weighted by atomic mass is 35.5. The normalized spacial score (nSPS) is 15.1. The van der Waals surface area contributed by atoms with Crippen molar-refractivity contribution in [1.29, 1.82) is 0 Å². The average molecular weight is 497 g/mol. The van der Waals surface area contributed by atoms with E-state index in [0.29, 0.717) is 57.2 Å². The zero-order valence-corrected chi connectivity index (χ0v) is 20.1. The molecule has 0 saturated carbocycles. The molecular weight excluding hydrogens is 472 g/mol. The molecule has 2 aromatic carbocycles. The van der Waals surface area contributed by atoms with Crippen LogP contribution >= 0.6 is 11.6 Å². The maximum absolute atomic E-state index is 6.51. The minimum Gasteiger partial charge on any atom is -0.493 e. The number of rotatable bonds is 8. The second kappa shape index (κ2) is 10.4. The Labute approximate surface area is 208 Å². The third-order valence-electron chi connectivity index (χ3n) is 5.89. The van der Waals surface area contributed by atoms with Crippen molar-refractivity contribution in [3.63, 3.8) is 0 Å². The van der Waals surface area contributed by atoms with E-state index in [0.717, 1.165) is 44.7 Å². The molecule has 3 aromatic rings. The number of halogens is 1. The second-order valence-electron chi connectivity index (χ2n) is 8.01. The van der Waals surface area contributed by atoms with Crippen LogP contribution in [0.4, 0.5) is 11.5 Å². The van der Waals surface area contributed by atoms with Gasteiger partial charge < -0.3 is 29.0 Å². The fourth-order valence-electron chi connectivity index (χ4n) is 4.11. The Hall–Kier alpha value is -3.45. The van der Waals surface area contributed by atoms with Gasteiger partial charge in [0, 0.05) is 31.1 Å². The van der Waals surface area contributed by atoms with Crippen molar-refractivity contribution < 1.29 is 23.7 Å². The maximum Gasteiger partial charge on any atom is 0.231 e. The molecule has 1 N–H and O–H groups in total. The van der Waals surface area contributed by atoms with E-state index < -0.39 is 0 Å². The van der Waals surface area contributed by atoms with Gasteiger partial charge in [-0.3, -0.25) is 4.90 Å². The molecule has 1 aromatic heterocycles. The van der Waals surface area contributed by atoms with Crippen LogP contribution in [0.15, 0.2) is 24.5 Å². The number of terminal acetylenes is 1. The summed E-state index contributed by atoms with van der Waals surface area (Å²) in [6.45, 7) is 5.08. The number of hydrogen-bond donors (Lipinski definition) is 1. The number of fused-ring (bicyclic) bond motifs is 2. The van der Waals surface area contributed by atoms with E-state index in [1.54, 1.807) is 13.2 Å². The predicted octanol–water partition coefficient (Wildman–Crippen LogP) is 3.85. The minimum absolute atomic E-state index is 0.0591. The second-order valence-corrected chi connectivity index (χ2v) is 8.42. The molecule has 0 unspecified atom stereocenters. The summed E-state index contributed by atoms with van der Waals surface area (Å²) >= 11 is 6.51. The molecule has 9 nitrogen and oxygen atoms in total. The van der Waals surface area contributed by atoms with E-state index in [9.17, 15) is 0 Å². The molecule has 10 heteroatoms. The van der Waals surface area contributed by atoms with Crippen molar-refractivity contribution >= 4 is 34.0 Å². The Morgan fingerprint density at radius 2 is 1.97 bits per heavy atom. The lowest BCUT2D eigenvalue weighted by Crippen LogP contribution is -2.37. The lowest BCUT2D eigenvalue weighted by Gasteiger charge is -2.26. The molecule has 0 amide bonds. The zero-order valence-electron chi connectivity index (χ0n) is 19.3. The summed E-state index contributed by atoms with van der Waals surface area (Å²) < 4.78 is 28.2. The first-order chi connectivity index (χ1) is 17.2. The molecule has 2 aliphatic heterocycles. The molecule has 5 rings (SSSR count). The molecule has 1 saturated heterocycles. The fourth-order valence-corrected chi connectivity index (χ4v) is 4.35. The third-order valence-corrected chi connectivity index (χ3v) is 6.19. The fraction of sp³-hybridized carbons (Fsp3) is 0.360. The SMILES string of the molecule is C#Cc1cc(Cl)c(Nc2ncnc3cc(OCCCN4CCOCC4)c(OC)cc23)c2c1OCO2. The Morgan fingerprint density at radius 3 is 2.77 bits per heavy atom. The van der Waals surface area contributed by atoms with Crippen molar-refractivity contribution in [1.82, 2.24) is 14.9 Å². The number of morpholine rings is 1. The van der Waals surface area contributed by atoms with E-state index in [1.807, 2.05) is 12.1 Å². The highest BCUT2D eigenvalue weighted by Crippen LogP contribution is 2.47. The van der Waals surface area contributed by atoms with Crippen molar-refractivity contribution in [2.24, 2.45) is 0 Å². The largest absolute Gasteiger partial charge is 0.493 e. The molecule has 182 valence electrons. The van der Waals surface area contributed by atoms with Gasteiger partial charge in [0.05, 0.1) is 43.0 Å². The van der Waals surface area contributed by atoms with E-state index in [-0.39, 0.29) is 6.79 Å². The van der Waals surface area contributed by atoms with Crippen molar-refractivity contribution in [3.05, 3.63) is 35.1 Å². The van der Waals surface area contributed by atoms with E-state index in [2.05, 4.69) is 26.1 Å². The molecule has 0 bridgehead atoms. The number of nitrogens with zero attached hydrogens (tertiary/aromatic N) is 3. The van der Waals surface area contributed by atoms with Gasteiger partial charge in [-0.25, -0.2) is 9.97 Å². The molecule has 3 heterocycles. The van der Waals surface area contributed by atoms with E-state index in [1.165, 1.54) is 6.33 Å². The highest BCUT2D eigenvalue weighted by Gasteiger charge is 2.25. The third kappa shape index (κ3) is 4.86. The first kappa shape index (κ1) is 23.3. The van der Waals surface area contributed by atoms with Gasteiger partial charge in [-0.15, -0.1) is 6.42 Å². The molecule has 0 aliphatic carbocycles. The monoisotopic (exact) mass is 496 g/mol. The number of hydrogen-bond acceptors (Lipinski definition) is 9. The molecule has 1 fully saturated rings. The summed E-state index contributed by atoms with van der Waals surface area (Å²) in [6.07, 6.45) is 7.95. The van der Waals surface area contributed by atoms with E-state index in [4.69, 9.17) is 41.7 Å². The lowest BCUT2D eigenvalue weighted by molar-refractivity contribution is 0.0357. The van der Waals surface area contributed by atoms with Crippen molar-refractivity contribution in [2.45, 2.75) is 6.42 Å². The quantitative estimate of drug-likeness (QED) is 0.369. The van der Waals surface area contributed by atoms with Crippen LogP contribution in [0.2, 0.25) is 5.02 Å². The molecule has 0 atom stereocenters. The maximum atomic E-state index is 6.51. The molecule has 35 heavy (non-hydrogen) atoms. The highest BCUT2D eigenvalue weighted by molar-refractivity contribution is 6.34. The summed E-state index contributed by atoms with van der Waals surface area (Å²) in [7, 11) is 1.60. The van der Waals surface area contributed by atoms with E-state index >= 15 is 0 Å². The topological polar surface area (TPSA) is 87.2 Å². The van der Waals surface area contributed by atoms with Crippen molar-refractivity contribution in [2.75, 3.05) is 58.7 Å². The van der Waals surface area contributed by atoms with Crippen LogP contribution in [-0.4, -0.2) is 68.2 Å². The van der Waals surface area contributed by atoms with Gasteiger partial charge in [0.1, 0.15) is 17.8 Å². The first-order valence-electron chi connectivity index (χ1n) is 11.3. The number of nitrogens with one attached hydrogen (secondary N) is 1. The van der Waals surface area contributed by atoms with Crippen LogP contribution in [0, 0.1) is 12.3 Å². The lowest BCUT2D eigenvalue weighted by atomic mass is 10.1. The van der Waals surface area contributed by atoms with Crippen LogP contribution in [-0.2, 0) is 4.74 Å². The van der Waals surface area contributed by atoms with Gasteiger partial charge in [0.25, 0.3) is 0 Å². The van der Waals surface area contributed by atoms with Gasteiger partial charge in [0.15, 0.2) is 23.0 Å². The Morgan fingerprint density at radius 1 is 1.14 bits per heavy atom. The van der Waals surface area contributed by atoms with Gasteiger partial charge in [0.2, 0.25) is 6.79 Å². The van der Waals surface area contributed by atoms with Gasteiger partial charge >= 0.3 is 0 Å². The average Bonchev–Trinajstić information content (AvgIpc) is 3.38. The summed E-state index contributed by atoms with van der Waals surface area (Å²) in [5.41, 5.74) is 1.73. The Kier molecular flexibility index (Phi) is 6.95.